The second-order valence-electron chi connectivity index (χ2n) is 4.99. The van der Waals surface area contributed by atoms with Crippen molar-refractivity contribution in [2.75, 3.05) is 26.3 Å². The zero-order valence-corrected chi connectivity index (χ0v) is 12.3. The van der Waals surface area contributed by atoms with E-state index >= 15 is 0 Å². The Morgan fingerprint density at radius 3 is 2.30 bits per heavy atom. The van der Waals surface area contributed by atoms with Crippen LogP contribution in [0, 0.1) is 0 Å². The van der Waals surface area contributed by atoms with E-state index in [0.717, 1.165) is 17.9 Å². The van der Waals surface area contributed by atoms with Crippen molar-refractivity contribution in [3.05, 3.63) is 24.3 Å². The highest BCUT2D eigenvalue weighted by Gasteiger charge is 2.06. The van der Waals surface area contributed by atoms with Crippen LogP contribution < -0.4 is 20.5 Å². The predicted molar refractivity (Wildman–Crippen MR) is 80.2 cm³/mol. The molecule has 1 unspecified atom stereocenters. The molecule has 0 heterocycles. The Hall–Kier alpha value is -1.30. The van der Waals surface area contributed by atoms with Crippen LogP contribution in [0.4, 0.5) is 0 Å². The van der Waals surface area contributed by atoms with Gasteiger partial charge in [-0.1, -0.05) is 13.8 Å². The first-order valence-electron chi connectivity index (χ1n) is 7.09. The third-order valence-corrected chi connectivity index (χ3v) is 2.65. The summed E-state index contributed by atoms with van der Waals surface area (Å²) in [5.41, 5.74) is 5.40. The molecule has 1 aromatic rings. The average Bonchev–Trinajstić information content (AvgIpc) is 2.44. The van der Waals surface area contributed by atoms with Crippen LogP contribution in [0.25, 0.3) is 0 Å². The first-order valence-corrected chi connectivity index (χ1v) is 7.09. The molecule has 1 rings (SSSR count). The minimum absolute atomic E-state index is 0.271. The van der Waals surface area contributed by atoms with Crippen molar-refractivity contribution >= 4 is 0 Å². The summed E-state index contributed by atoms with van der Waals surface area (Å²) in [5, 5.41) is 12.9. The molecule has 0 amide bonds. The van der Waals surface area contributed by atoms with Gasteiger partial charge < -0.3 is 25.6 Å². The molecule has 0 spiro atoms. The summed E-state index contributed by atoms with van der Waals surface area (Å²) in [6.45, 7) is 6.12. The zero-order valence-electron chi connectivity index (χ0n) is 12.3. The summed E-state index contributed by atoms with van der Waals surface area (Å²) in [5.74, 6) is 1.52. The minimum Gasteiger partial charge on any atom is -0.494 e. The second kappa shape index (κ2) is 9.58. The summed E-state index contributed by atoms with van der Waals surface area (Å²) in [4.78, 5) is 0. The number of nitrogens with two attached hydrogens (primary N) is 1. The molecule has 4 N–H and O–H groups in total. The molecule has 0 fully saturated rings. The number of benzene rings is 1. The van der Waals surface area contributed by atoms with Gasteiger partial charge in [0.15, 0.2) is 0 Å². The van der Waals surface area contributed by atoms with Crippen molar-refractivity contribution in [3.8, 4) is 11.5 Å². The normalized spacial score (nSPS) is 12.4. The van der Waals surface area contributed by atoms with Gasteiger partial charge in [0, 0.05) is 12.6 Å². The SMILES string of the molecule is CC(C)NCC(O)COc1ccc(OCCCN)cc1. The van der Waals surface area contributed by atoms with Gasteiger partial charge in [-0.2, -0.15) is 0 Å². The van der Waals surface area contributed by atoms with Crippen LogP contribution in [0.2, 0.25) is 0 Å². The Balaban J connectivity index is 2.27. The third-order valence-electron chi connectivity index (χ3n) is 2.65. The lowest BCUT2D eigenvalue weighted by Crippen LogP contribution is -2.35. The van der Waals surface area contributed by atoms with Crippen molar-refractivity contribution in [2.45, 2.75) is 32.4 Å². The first kappa shape index (κ1) is 16.8. The molecule has 114 valence electrons. The Bertz CT molecular complexity index is 355. The zero-order chi connectivity index (χ0) is 14.8. The van der Waals surface area contributed by atoms with Crippen LogP contribution >= 0.6 is 0 Å². The quantitative estimate of drug-likeness (QED) is 0.561. The molecule has 0 bridgehead atoms. The fourth-order valence-electron chi connectivity index (χ4n) is 1.53. The molecule has 0 aliphatic heterocycles. The summed E-state index contributed by atoms with van der Waals surface area (Å²) < 4.78 is 11.0. The second-order valence-corrected chi connectivity index (χ2v) is 4.99. The number of hydrogen-bond donors (Lipinski definition) is 3. The molecule has 0 saturated heterocycles. The third kappa shape index (κ3) is 7.33. The minimum atomic E-state index is -0.516. The van der Waals surface area contributed by atoms with Gasteiger partial charge in [0.25, 0.3) is 0 Å². The van der Waals surface area contributed by atoms with Gasteiger partial charge in [-0.3, -0.25) is 0 Å². The number of aliphatic hydroxyl groups excluding tert-OH is 1. The van der Waals surface area contributed by atoms with E-state index in [0.29, 0.717) is 25.7 Å². The number of hydrogen-bond acceptors (Lipinski definition) is 5. The Labute approximate surface area is 121 Å². The van der Waals surface area contributed by atoms with Crippen LogP contribution in [-0.4, -0.2) is 43.6 Å². The van der Waals surface area contributed by atoms with Crippen LogP contribution in [0.15, 0.2) is 24.3 Å². The van der Waals surface area contributed by atoms with E-state index in [2.05, 4.69) is 5.32 Å². The van der Waals surface area contributed by atoms with Gasteiger partial charge in [-0.25, -0.2) is 0 Å². The Morgan fingerprint density at radius 2 is 1.75 bits per heavy atom. The van der Waals surface area contributed by atoms with E-state index in [1.165, 1.54) is 0 Å². The van der Waals surface area contributed by atoms with E-state index in [1.54, 1.807) is 0 Å². The monoisotopic (exact) mass is 282 g/mol. The molecule has 1 aromatic carbocycles. The maximum absolute atomic E-state index is 9.73. The lowest BCUT2D eigenvalue weighted by molar-refractivity contribution is 0.104. The van der Waals surface area contributed by atoms with Gasteiger partial charge in [0.05, 0.1) is 6.61 Å². The van der Waals surface area contributed by atoms with E-state index in [4.69, 9.17) is 15.2 Å². The fourth-order valence-corrected chi connectivity index (χ4v) is 1.53. The molecule has 1 atom stereocenters. The number of rotatable bonds is 10. The maximum atomic E-state index is 9.73. The molecular weight excluding hydrogens is 256 g/mol. The largest absolute Gasteiger partial charge is 0.494 e. The summed E-state index contributed by atoms with van der Waals surface area (Å²) in [6, 6.07) is 7.73. The van der Waals surface area contributed by atoms with Crippen molar-refractivity contribution in [1.82, 2.24) is 5.32 Å². The van der Waals surface area contributed by atoms with Crippen LogP contribution in [-0.2, 0) is 0 Å². The topological polar surface area (TPSA) is 76.7 Å². The summed E-state index contributed by atoms with van der Waals surface area (Å²) in [6.07, 6.45) is 0.325. The van der Waals surface area contributed by atoms with Gasteiger partial charge in [-0.05, 0) is 37.2 Å². The lowest BCUT2D eigenvalue weighted by atomic mass is 10.3. The van der Waals surface area contributed by atoms with Gasteiger partial charge >= 0.3 is 0 Å². The molecular formula is C15H26N2O3. The maximum Gasteiger partial charge on any atom is 0.119 e. The van der Waals surface area contributed by atoms with Crippen molar-refractivity contribution in [1.29, 1.82) is 0 Å². The molecule has 0 aromatic heterocycles. The van der Waals surface area contributed by atoms with Crippen molar-refractivity contribution in [2.24, 2.45) is 5.73 Å². The van der Waals surface area contributed by atoms with E-state index in [1.807, 2.05) is 38.1 Å². The highest BCUT2D eigenvalue weighted by atomic mass is 16.5. The first-order chi connectivity index (χ1) is 9.61. The molecule has 0 radical (unpaired) electrons. The van der Waals surface area contributed by atoms with Gasteiger partial charge in [0.2, 0.25) is 0 Å². The van der Waals surface area contributed by atoms with Crippen LogP contribution in [0.5, 0.6) is 11.5 Å². The van der Waals surface area contributed by atoms with E-state index < -0.39 is 6.10 Å². The fraction of sp³-hybridized carbons (Fsp3) is 0.600. The summed E-state index contributed by atoms with van der Waals surface area (Å²) >= 11 is 0. The van der Waals surface area contributed by atoms with Crippen molar-refractivity contribution in [3.63, 3.8) is 0 Å². The smallest absolute Gasteiger partial charge is 0.119 e. The van der Waals surface area contributed by atoms with Crippen molar-refractivity contribution < 1.29 is 14.6 Å². The molecule has 0 saturated carbocycles. The Kier molecular flexibility index (Phi) is 8.02. The number of aliphatic hydroxyl groups is 1. The number of ether oxygens (including phenoxy) is 2. The average molecular weight is 282 g/mol. The molecule has 5 heteroatoms. The predicted octanol–water partition coefficient (Wildman–Crippen LogP) is 1.15. The van der Waals surface area contributed by atoms with Gasteiger partial charge in [-0.15, -0.1) is 0 Å². The number of nitrogens with one attached hydrogen (secondary N) is 1. The molecule has 0 aliphatic carbocycles. The van der Waals surface area contributed by atoms with E-state index in [-0.39, 0.29) is 6.61 Å². The highest BCUT2D eigenvalue weighted by molar-refractivity contribution is 5.31. The highest BCUT2D eigenvalue weighted by Crippen LogP contribution is 2.17. The Morgan fingerprint density at radius 1 is 1.15 bits per heavy atom. The summed E-state index contributed by atoms with van der Waals surface area (Å²) in [7, 11) is 0. The lowest BCUT2D eigenvalue weighted by Gasteiger charge is -2.15. The van der Waals surface area contributed by atoms with Crippen LogP contribution in [0.3, 0.4) is 0 Å². The molecule has 0 aliphatic rings. The standard InChI is InChI=1S/C15H26N2O3/c1-12(2)17-10-13(18)11-20-15-6-4-14(5-7-15)19-9-3-8-16/h4-7,12-13,17-18H,3,8-11,16H2,1-2H3. The van der Waals surface area contributed by atoms with E-state index in [9.17, 15) is 5.11 Å². The molecule has 20 heavy (non-hydrogen) atoms. The van der Waals surface area contributed by atoms with Gasteiger partial charge in [0.1, 0.15) is 24.2 Å². The molecule has 5 nitrogen and oxygen atoms in total. The van der Waals surface area contributed by atoms with Crippen LogP contribution in [0.1, 0.15) is 20.3 Å².